The number of nitrogens with zero attached hydrogens (tertiary/aromatic N) is 4. The lowest BCUT2D eigenvalue weighted by molar-refractivity contribution is 0.519. The molecule has 108 valence electrons. The summed E-state index contributed by atoms with van der Waals surface area (Å²) >= 11 is 1.68. The lowest BCUT2D eigenvalue weighted by Crippen LogP contribution is -2.25. The number of rotatable bonds is 4. The summed E-state index contributed by atoms with van der Waals surface area (Å²) in [6, 6.07) is 0.693. The van der Waals surface area contributed by atoms with Gasteiger partial charge in [-0.1, -0.05) is 37.0 Å². The van der Waals surface area contributed by atoms with Crippen molar-refractivity contribution in [1.82, 2.24) is 25.1 Å². The maximum Gasteiger partial charge on any atom is 0.234 e. The van der Waals surface area contributed by atoms with Crippen molar-refractivity contribution in [3.63, 3.8) is 0 Å². The summed E-state index contributed by atoms with van der Waals surface area (Å²) in [7, 11) is 0. The Labute approximate surface area is 122 Å². The van der Waals surface area contributed by atoms with Gasteiger partial charge in [0.05, 0.1) is 0 Å². The number of fused-ring (bicyclic) bond motifs is 1. The minimum atomic E-state index is 0.572. The van der Waals surface area contributed by atoms with Gasteiger partial charge in [0.25, 0.3) is 0 Å². The van der Waals surface area contributed by atoms with Crippen molar-refractivity contribution >= 4 is 16.3 Å². The summed E-state index contributed by atoms with van der Waals surface area (Å²) in [4.78, 5) is 0.954. The molecule has 0 atom stereocenters. The van der Waals surface area contributed by atoms with Crippen LogP contribution in [0.1, 0.15) is 68.1 Å². The second-order valence-electron chi connectivity index (χ2n) is 6.09. The van der Waals surface area contributed by atoms with Crippen LogP contribution in [0.15, 0.2) is 0 Å². The minimum Gasteiger partial charge on any atom is -0.308 e. The van der Waals surface area contributed by atoms with Crippen LogP contribution < -0.4 is 5.32 Å². The smallest absolute Gasteiger partial charge is 0.234 e. The molecular formula is C14H21N5S. The van der Waals surface area contributed by atoms with Crippen molar-refractivity contribution in [1.29, 1.82) is 0 Å². The van der Waals surface area contributed by atoms with E-state index in [1.165, 1.54) is 51.4 Å². The minimum absolute atomic E-state index is 0.572. The fourth-order valence-corrected chi connectivity index (χ4v) is 4.33. The molecule has 0 aromatic carbocycles. The van der Waals surface area contributed by atoms with Crippen LogP contribution in [0.5, 0.6) is 0 Å². The molecule has 4 rings (SSSR count). The van der Waals surface area contributed by atoms with Gasteiger partial charge >= 0.3 is 0 Å². The summed E-state index contributed by atoms with van der Waals surface area (Å²) in [6.07, 6.45) is 10.5. The Balaban J connectivity index is 1.50. The van der Waals surface area contributed by atoms with Gasteiger partial charge in [-0.2, -0.15) is 9.61 Å². The Morgan fingerprint density at radius 3 is 2.60 bits per heavy atom. The van der Waals surface area contributed by atoms with Crippen LogP contribution in [0.4, 0.5) is 0 Å². The van der Waals surface area contributed by atoms with Gasteiger partial charge in [0.1, 0.15) is 5.01 Å². The van der Waals surface area contributed by atoms with Gasteiger partial charge in [-0.15, -0.1) is 10.2 Å². The zero-order valence-electron chi connectivity index (χ0n) is 11.7. The molecule has 0 spiro atoms. The molecule has 2 saturated carbocycles. The van der Waals surface area contributed by atoms with Gasteiger partial charge in [-0.25, -0.2) is 0 Å². The Morgan fingerprint density at radius 1 is 1.05 bits per heavy atom. The first kappa shape index (κ1) is 12.7. The normalized spacial score (nSPS) is 21.4. The molecule has 2 aromatic heterocycles. The molecule has 2 heterocycles. The molecule has 2 aliphatic rings. The van der Waals surface area contributed by atoms with E-state index in [-0.39, 0.29) is 0 Å². The molecule has 1 N–H and O–H groups in total. The van der Waals surface area contributed by atoms with Crippen LogP contribution in [-0.2, 0) is 6.54 Å². The Hall–Kier alpha value is -1.01. The van der Waals surface area contributed by atoms with Crippen molar-refractivity contribution in [2.45, 2.75) is 69.9 Å². The van der Waals surface area contributed by atoms with E-state index in [9.17, 15) is 0 Å². The average Bonchev–Trinajstić information content (AvgIpc) is 3.20. The van der Waals surface area contributed by atoms with Crippen molar-refractivity contribution in [3.8, 4) is 0 Å². The van der Waals surface area contributed by atoms with Crippen molar-refractivity contribution < 1.29 is 0 Å². The van der Waals surface area contributed by atoms with E-state index in [1.807, 2.05) is 4.52 Å². The quantitative estimate of drug-likeness (QED) is 0.941. The highest BCUT2D eigenvalue weighted by molar-refractivity contribution is 7.16. The molecule has 2 aliphatic carbocycles. The van der Waals surface area contributed by atoms with E-state index in [0.29, 0.717) is 12.0 Å². The molecule has 2 aromatic rings. The Morgan fingerprint density at radius 2 is 1.80 bits per heavy atom. The van der Waals surface area contributed by atoms with Crippen LogP contribution in [0.3, 0.4) is 0 Å². The van der Waals surface area contributed by atoms with Crippen LogP contribution in [0.25, 0.3) is 4.96 Å². The van der Waals surface area contributed by atoms with Gasteiger partial charge in [-0.3, -0.25) is 0 Å². The third kappa shape index (κ3) is 2.35. The van der Waals surface area contributed by atoms with E-state index >= 15 is 0 Å². The lowest BCUT2D eigenvalue weighted by atomic mass is 10.1. The molecule has 5 nitrogen and oxygen atoms in total. The molecule has 0 unspecified atom stereocenters. The lowest BCUT2D eigenvalue weighted by Gasteiger charge is -2.09. The fourth-order valence-electron chi connectivity index (χ4n) is 3.54. The van der Waals surface area contributed by atoms with E-state index in [0.717, 1.165) is 22.3 Å². The zero-order valence-corrected chi connectivity index (χ0v) is 12.5. The summed E-state index contributed by atoms with van der Waals surface area (Å²) in [5.74, 6) is 1.66. The Kier molecular flexibility index (Phi) is 3.44. The van der Waals surface area contributed by atoms with E-state index in [4.69, 9.17) is 5.10 Å². The monoisotopic (exact) mass is 291 g/mol. The van der Waals surface area contributed by atoms with Crippen molar-refractivity contribution in [3.05, 3.63) is 10.8 Å². The fraction of sp³-hybridized carbons (Fsp3) is 0.786. The highest BCUT2D eigenvalue weighted by Crippen LogP contribution is 2.33. The standard InChI is InChI=1S/C14H21N5S/c1-2-6-10(5-1)13-16-17-14-19(13)18-12(20-14)9-15-11-7-3-4-8-11/h10-11,15H,1-9H2. The summed E-state index contributed by atoms with van der Waals surface area (Å²) < 4.78 is 1.99. The van der Waals surface area contributed by atoms with Gasteiger partial charge in [0.2, 0.25) is 4.96 Å². The van der Waals surface area contributed by atoms with E-state index in [1.54, 1.807) is 11.3 Å². The molecule has 0 radical (unpaired) electrons. The van der Waals surface area contributed by atoms with Gasteiger partial charge in [0, 0.05) is 18.5 Å². The zero-order chi connectivity index (χ0) is 13.4. The topological polar surface area (TPSA) is 55.1 Å². The molecule has 0 amide bonds. The van der Waals surface area contributed by atoms with Crippen LogP contribution in [-0.4, -0.2) is 25.9 Å². The van der Waals surface area contributed by atoms with Gasteiger partial charge in [0.15, 0.2) is 5.82 Å². The molecule has 0 bridgehead atoms. The Bertz CT molecular complexity index is 577. The average molecular weight is 291 g/mol. The SMILES string of the molecule is C1CCC(NCc2nn3c(C4CCCC4)nnc3s2)C1. The van der Waals surface area contributed by atoms with Gasteiger partial charge in [-0.05, 0) is 25.7 Å². The predicted octanol–water partition coefficient (Wildman–Crippen LogP) is 2.88. The van der Waals surface area contributed by atoms with Crippen LogP contribution in [0.2, 0.25) is 0 Å². The molecule has 0 aliphatic heterocycles. The second kappa shape index (κ2) is 5.41. The number of nitrogens with one attached hydrogen (secondary N) is 1. The van der Waals surface area contributed by atoms with Gasteiger partial charge < -0.3 is 5.32 Å². The second-order valence-corrected chi connectivity index (χ2v) is 7.13. The molecular weight excluding hydrogens is 270 g/mol. The molecule has 6 heteroatoms. The van der Waals surface area contributed by atoms with Crippen molar-refractivity contribution in [2.24, 2.45) is 0 Å². The maximum atomic E-state index is 4.73. The van der Waals surface area contributed by atoms with Crippen LogP contribution in [0, 0.1) is 0 Å². The summed E-state index contributed by atoms with van der Waals surface area (Å²) in [6.45, 7) is 0.878. The van der Waals surface area contributed by atoms with Crippen LogP contribution >= 0.6 is 11.3 Å². The molecule has 2 fully saturated rings. The predicted molar refractivity (Wildman–Crippen MR) is 79.0 cm³/mol. The first-order valence-corrected chi connectivity index (χ1v) is 8.66. The first-order valence-electron chi connectivity index (χ1n) is 7.84. The van der Waals surface area contributed by atoms with Crippen molar-refractivity contribution in [2.75, 3.05) is 0 Å². The van der Waals surface area contributed by atoms with E-state index in [2.05, 4.69) is 15.5 Å². The third-order valence-corrected chi connectivity index (χ3v) is 5.57. The largest absolute Gasteiger partial charge is 0.308 e. The molecule has 20 heavy (non-hydrogen) atoms. The highest BCUT2D eigenvalue weighted by Gasteiger charge is 2.24. The maximum absolute atomic E-state index is 4.73. The highest BCUT2D eigenvalue weighted by atomic mass is 32.1. The number of hydrogen-bond acceptors (Lipinski definition) is 5. The number of hydrogen-bond donors (Lipinski definition) is 1. The third-order valence-electron chi connectivity index (χ3n) is 4.67. The summed E-state index contributed by atoms with van der Waals surface area (Å²) in [5.41, 5.74) is 0. The summed E-state index contributed by atoms with van der Waals surface area (Å²) in [5, 5.41) is 18.2. The first-order chi connectivity index (χ1) is 9.90. The van der Waals surface area contributed by atoms with E-state index < -0.39 is 0 Å². The number of aromatic nitrogens is 4. The molecule has 0 saturated heterocycles.